The van der Waals surface area contributed by atoms with Gasteiger partial charge in [0.25, 0.3) is 0 Å². The molecular formula is C24H30O4. The zero-order valence-electron chi connectivity index (χ0n) is 17.9. The van der Waals surface area contributed by atoms with Crippen LogP contribution in [0.4, 0.5) is 0 Å². The summed E-state index contributed by atoms with van der Waals surface area (Å²) in [5.74, 6) is 0.878. The van der Waals surface area contributed by atoms with Gasteiger partial charge in [0.2, 0.25) is 0 Å². The molecule has 2 rings (SSSR count). The summed E-state index contributed by atoms with van der Waals surface area (Å²) in [5, 5.41) is 0. The minimum Gasteiger partial charge on any atom is -0.493 e. The summed E-state index contributed by atoms with van der Waals surface area (Å²) in [6.45, 7) is 11.0. The lowest BCUT2D eigenvalue weighted by Gasteiger charge is -2.22. The lowest BCUT2D eigenvalue weighted by atomic mass is 9.84. The van der Waals surface area contributed by atoms with Crippen molar-refractivity contribution in [1.82, 2.24) is 0 Å². The molecule has 0 heterocycles. The Morgan fingerprint density at radius 1 is 0.964 bits per heavy atom. The van der Waals surface area contributed by atoms with Crippen molar-refractivity contribution in [2.24, 2.45) is 0 Å². The number of ether oxygens (including phenoxy) is 3. The smallest absolute Gasteiger partial charge is 0.331 e. The van der Waals surface area contributed by atoms with Crippen LogP contribution in [0.5, 0.6) is 11.5 Å². The van der Waals surface area contributed by atoms with Gasteiger partial charge in [-0.1, -0.05) is 39.0 Å². The first-order valence-corrected chi connectivity index (χ1v) is 9.33. The molecule has 28 heavy (non-hydrogen) atoms. The third kappa shape index (κ3) is 5.38. The Labute approximate surface area is 168 Å². The molecule has 0 saturated heterocycles. The summed E-state index contributed by atoms with van der Waals surface area (Å²) in [5.41, 5.74) is 5.54. The second-order valence-corrected chi connectivity index (χ2v) is 7.89. The number of methoxy groups -OCH3 is 2. The highest BCUT2D eigenvalue weighted by Crippen LogP contribution is 2.28. The van der Waals surface area contributed by atoms with Crippen molar-refractivity contribution in [3.05, 3.63) is 64.2 Å². The number of rotatable bonds is 6. The molecule has 0 fully saturated rings. The van der Waals surface area contributed by atoms with Gasteiger partial charge in [-0.15, -0.1) is 0 Å². The number of aryl methyl sites for hydroxylation is 2. The van der Waals surface area contributed by atoms with Crippen molar-refractivity contribution in [2.75, 3.05) is 14.2 Å². The molecule has 0 aliphatic carbocycles. The lowest BCUT2D eigenvalue weighted by molar-refractivity contribution is -0.138. The zero-order valence-corrected chi connectivity index (χ0v) is 17.9. The summed E-state index contributed by atoms with van der Waals surface area (Å²) >= 11 is 0. The highest BCUT2D eigenvalue weighted by molar-refractivity contribution is 5.87. The number of hydrogen-bond donors (Lipinski definition) is 0. The van der Waals surface area contributed by atoms with E-state index in [0.29, 0.717) is 11.5 Å². The molecule has 0 unspecified atom stereocenters. The number of esters is 1. The first kappa shape index (κ1) is 21.5. The molecule has 0 N–H and O–H groups in total. The fourth-order valence-electron chi connectivity index (χ4n) is 2.97. The average Bonchev–Trinajstić information content (AvgIpc) is 2.64. The second kappa shape index (κ2) is 8.96. The molecule has 0 aromatic heterocycles. The van der Waals surface area contributed by atoms with Gasteiger partial charge >= 0.3 is 5.97 Å². The fraction of sp³-hybridized carbons (Fsp3) is 0.375. The quantitative estimate of drug-likeness (QED) is 0.497. The van der Waals surface area contributed by atoms with Crippen molar-refractivity contribution in [2.45, 2.75) is 46.6 Å². The molecule has 0 saturated carbocycles. The van der Waals surface area contributed by atoms with E-state index in [4.69, 9.17) is 14.2 Å². The fourth-order valence-corrected chi connectivity index (χ4v) is 2.97. The van der Waals surface area contributed by atoms with Crippen LogP contribution in [0, 0.1) is 13.8 Å². The van der Waals surface area contributed by atoms with Crippen molar-refractivity contribution >= 4 is 12.0 Å². The molecule has 2 aromatic rings. The highest BCUT2D eigenvalue weighted by atomic mass is 16.5. The van der Waals surface area contributed by atoms with Gasteiger partial charge < -0.3 is 14.2 Å². The Bertz CT molecular complexity index is 850. The normalized spacial score (nSPS) is 11.5. The summed E-state index contributed by atoms with van der Waals surface area (Å²) in [6, 6.07) is 9.81. The predicted molar refractivity (Wildman–Crippen MR) is 113 cm³/mol. The van der Waals surface area contributed by atoms with E-state index >= 15 is 0 Å². The summed E-state index contributed by atoms with van der Waals surface area (Å²) in [4.78, 5) is 12.2. The van der Waals surface area contributed by atoms with E-state index in [-0.39, 0.29) is 18.0 Å². The van der Waals surface area contributed by atoms with Crippen LogP contribution in [0.2, 0.25) is 0 Å². The van der Waals surface area contributed by atoms with E-state index in [1.807, 2.05) is 12.1 Å². The van der Waals surface area contributed by atoms with Crippen LogP contribution in [-0.4, -0.2) is 20.2 Å². The molecule has 4 heteroatoms. The Kier molecular flexibility index (Phi) is 6.90. The topological polar surface area (TPSA) is 44.8 Å². The number of carbonyl (C=O) groups excluding carboxylic acids is 1. The van der Waals surface area contributed by atoms with Gasteiger partial charge in [-0.3, -0.25) is 0 Å². The number of hydrogen-bond acceptors (Lipinski definition) is 4. The van der Waals surface area contributed by atoms with E-state index in [1.54, 1.807) is 26.4 Å². The van der Waals surface area contributed by atoms with Crippen LogP contribution in [0.25, 0.3) is 6.08 Å². The molecular weight excluding hydrogens is 352 g/mol. The van der Waals surface area contributed by atoms with Crippen molar-refractivity contribution in [3.63, 3.8) is 0 Å². The van der Waals surface area contributed by atoms with Gasteiger partial charge in [0.05, 0.1) is 14.2 Å². The monoisotopic (exact) mass is 382 g/mol. The average molecular weight is 383 g/mol. The van der Waals surface area contributed by atoms with Crippen LogP contribution in [-0.2, 0) is 21.6 Å². The third-order valence-corrected chi connectivity index (χ3v) is 4.74. The van der Waals surface area contributed by atoms with Gasteiger partial charge in [-0.05, 0) is 65.3 Å². The minimum atomic E-state index is -0.381. The molecule has 0 aliphatic rings. The number of benzene rings is 2. The van der Waals surface area contributed by atoms with Crippen molar-refractivity contribution in [3.8, 4) is 11.5 Å². The van der Waals surface area contributed by atoms with Gasteiger partial charge in [-0.2, -0.15) is 0 Å². The molecule has 0 radical (unpaired) electrons. The first-order chi connectivity index (χ1) is 13.2. The van der Waals surface area contributed by atoms with Crippen LogP contribution in [0.1, 0.15) is 48.6 Å². The maximum atomic E-state index is 12.2. The van der Waals surface area contributed by atoms with Crippen LogP contribution in [0.3, 0.4) is 0 Å². The predicted octanol–water partition coefficient (Wildman–Crippen LogP) is 5.37. The largest absolute Gasteiger partial charge is 0.493 e. The molecule has 4 nitrogen and oxygen atoms in total. The van der Waals surface area contributed by atoms with E-state index in [0.717, 1.165) is 22.3 Å². The van der Waals surface area contributed by atoms with E-state index in [9.17, 15) is 4.79 Å². The van der Waals surface area contributed by atoms with Gasteiger partial charge in [0, 0.05) is 6.08 Å². The SMILES string of the molecule is COc1ccc(C=CC(=O)OCc2c(C)cc(C(C)(C)C)cc2C)cc1OC. The Morgan fingerprint density at radius 3 is 2.11 bits per heavy atom. The standard InChI is InChI=1S/C24H30O4/c1-16-12-19(24(3,4)5)13-17(2)20(16)15-28-23(25)11-9-18-8-10-21(26-6)22(14-18)27-7/h8-14H,15H2,1-7H3. The van der Waals surface area contributed by atoms with Crippen LogP contribution in [0.15, 0.2) is 36.4 Å². The molecule has 0 amide bonds. The maximum absolute atomic E-state index is 12.2. The molecule has 2 aromatic carbocycles. The first-order valence-electron chi connectivity index (χ1n) is 9.33. The summed E-state index contributed by atoms with van der Waals surface area (Å²) in [7, 11) is 3.16. The van der Waals surface area contributed by atoms with Gasteiger partial charge in [0.1, 0.15) is 6.61 Å². The third-order valence-electron chi connectivity index (χ3n) is 4.74. The van der Waals surface area contributed by atoms with Crippen molar-refractivity contribution < 1.29 is 19.0 Å². The second-order valence-electron chi connectivity index (χ2n) is 7.89. The Morgan fingerprint density at radius 2 is 1.57 bits per heavy atom. The lowest BCUT2D eigenvalue weighted by Crippen LogP contribution is -2.13. The van der Waals surface area contributed by atoms with Gasteiger partial charge in [-0.25, -0.2) is 4.79 Å². The van der Waals surface area contributed by atoms with E-state index in [1.165, 1.54) is 11.6 Å². The summed E-state index contributed by atoms with van der Waals surface area (Å²) < 4.78 is 15.9. The Hall–Kier alpha value is -2.75. The Balaban J connectivity index is 2.06. The van der Waals surface area contributed by atoms with Crippen molar-refractivity contribution in [1.29, 1.82) is 0 Å². The van der Waals surface area contributed by atoms with Gasteiger partial charge in [0.15, 0.2) is 11.5 Å². The van der Waals surface area contributed by atoms with Crippen LogP contribution >= 0.6 is 0 Å². The number of carbonyl (C=O) groups is 1. The molecule has 150 valence electrons. The molecule has 0 bridgehead atoms. The maximum Gasteiger partial charge on any atom is 0.331 e. The summed E-state index contributed by atoms with van der Waals surface area (Å²) in [6.07, 6.45) is 3.13. The molecule has 0 aliphatic heterocycles. The molecule has 0 spiro atoms. The van der Waals surface area contributed by atoms with E-state index in [2.05, 4.69) is 46.8 Å². The molecule has 0 atom stereocenters. The van der Waals surface area contributed by atoms with E-state index < -0.39 is 0 Å². The zero-order chi connectivity index (χ0) is 20.9. The highest BCUT2D eigenvalue weighted by Gasteiger charge is 2.16. The minimum absolute atomic E-state index is 0.0902. The van der Waals surface area contributed by atoms with Crippen LogP contribution < -0.4 is 9.47 Å².